The zero-order valence-electron chi connectivity index (χ0n) is 26.4. The lowest BCUT2D eigenvalue weighted by Gasteiger charge is -2.27. The molecule has 1 aliphatic rings. The van der Waals surface area contributed by atoms with E-state index >= 15 is 0 Å². The number of nitrogens with zero attached hydrogens (tertiary/aromatic N) is 1. The van der Waals surface area contributed by atoms with Crippen molar-refractivity contribution in [1.82, 2.24) is 0 Å². The zero-order chi connectivity index (χ0) is 31.5. The van der Waals surface area contributed by atoms with Gasteiger partial charge in [-0.1, -0.05) is 129 Å². The van der Waals surface area contributed by atoms with Gasteiger partial charge in [-0.05, 0) is 93.0 Å². The van der Waals surface area contributed by atoms with Crippen LogP contribution < -0.4 is 4.90 Å². The lowest BCUT2D eigenvalue weighted by Crippen LogP contribution is -2.15. The van der Waals surface area contributed by atoms with Crippen molar-refractivity contribution in [2.45, 2.75) is 19.3 Å². The van der Waals surface area contributed by atoms with Gasteiger partial charge in [-0.2, -0.15) is 0 Å². The molecule has 0 saturated carbocycles. The van der Waals surface area contributed by atoms with Crippen molar-refractivity contribution in [2.24, 2.45) is 0 Å². The van der Waals surface area contributed by atoms with Crippen molar-refractivity contribution in [3.05, 3.63) is 175 Å². The molecule has 0 N–H and O–H groups in total. The van der Waals surface area contributed by atoms with E-state index in [-0.39, 0.29) is 5.41 Å². The first-order valence-corrected chi connectivity index (χ1v) is 17.1. The lowest BCUT2D eigenvalue weighted by molar-refractivity contribution is 0.661. The summed E-state index contributed by atoms with van der Waals surface area (Å²) in [6, 6.07) is 59.8. The molecule has 8 aromatic rings. The predicted octanol–water partition coefficient (Wildman–Crippen LogP) is 13.2. The van der Waals surface area contributed by atoms with Crippen molar-refractivity contribution in [3.8, 4) is 33.4 Å². The summed E-state index contributed by atoms with van der Waals surface area (Å²) in [5.74, 6) is 0. The third kappa shape index (κ3) is 4.44. The molecule has 0 atom stereocenters. The number of fused-ring (bicyclic) bond motifs is 6. The average Bonchev–Trinajstić information content (AvgIpc) is 3.60. The third-order valence-electron chi connectivity index (χ3n) is 9.83. The number of benzene rings is 7. The maximum Gasteiger partial charge on any atom is 0.0468 e. The summed E-state index contributed by atoms with van der Waals surface area (Å²) in [5, 5.41) is 2.69. The summed E-state index contributed by atoms with van der Waals surface area (Å²) in [6.07, 6.45) is 0. The van der Waals surface area contributed by atoms with E-state index in [1.165, 1.54) is 64.7 Å². The molecule has 224 valence electrons. The second kappa shape index (κ2) is 10.8. The van der Waals surface area contributed by atoms with E-state index < -0.39 is 0 Å². The highest BCUT2D eigenvalue weighted by atomic mass is 32.1. The van der Waals surface area contributed by atoms with Gasteiger partial charge < -0.3 is 4.90 Å². The van der Waals surface area contributed by atoms with Gasteiger partial charge in [-0.15, -0.1) is 11.3 Å². The third-order valence-corrected chi connectivity index (χ3v) is 11.0. The molecule has 0 saturated heterocycles. The summed E-state index contributed by atoms with van der Waals surface area (Å²) >= 11 is 1.91. The van der Waals surface area contributed by atoms with Crippen molar-refractivity contribution >= 4 is 48.6 Å². The van der Waals surface area contributed by atoms with Crippen LogP contribution in [0, 0.1) is 0 Å². The molecule has 0 fully saturated rings. The smallest absolute Gasteiger partial charge is 0.0468 e. The molecule has 0 spiro atoms. The van der Waals surface area contributed by atoms with Crippen LogP contribution in [0.1, 0.15) is 25.0 Å². The van der Waals surface area contributed by atoms with Gasteiger partial charge in [0.2, 0.25) is 0 Å². The van der Waals surface area contributed by atoms with Crippen LogP contribution in [-0.4, -0.2) is 0 Å². The van der Waals surface area contributed by atoms with Gasteiger partial charge in [-0.3, -0.25) is 0 Å². The second-order valence-electron chi connectivity index (χ2n) is 13.0. The number of thiophene rings is 1. The van der Waals surface area contributed by atoms with Crippen LogP contribution in [0.2, 0.25) is 0 Å². The van der Waals surface area contributed by atoms with Crippen LogP contribution in [-0.2, 0) is 5.41 Å². The molecular formula is C45H33NS. The topological polar surface area (TPSA) is 3.24 Å². The number of hydrogen-bond donors (Lipinski definition) is 0. The number of hydrogen-bond acceptors (Lipinski definition) is 2. The van der Waals surface area contributed by atoms with Crippen LogP contribution in [0.3, 0.4) is 0 Å². The molecule has 1 aliphatic carbocycles. The zero-order valence-corrected chi connectivity index (χ0v) is 27.3. The lowest BCUT2D eigenvalue weighted by atomic mass is 9.81. The average molecular weight is 620 g/mol. The summed E-state index contributed by atoms with van der Waals surface area (Å²) in [6.45, 7) is 4.78. The molecule has 7 aromatic carbocycles. The van der Waals surface area contributed by atoms with E-state index in [0.717, 1.165) is 17.1 Å². The minimum absolute atomic E-state index is 0.137. The van der Waals surface area contributed by atoms with Gasteiger partial charge in [0.1, 0.15) is 0 Å². The van der Waals surface area contributed by atoms with E-state index in [9.17, 15) is 0 Å². The molecule has 0 bridgehead atoms. The Morgan fingerprint density at radius 1 is 0.447 bits per heavy atom. The summed E-state index contributed by atoms with van der Waals surface area (Å²) in [4.78, 5) is 2.40. The Balaban J connectivity index is 1.32. The number of para-hydroxylation sites is 1. The van der Waals surface area contributed by atoms with Crippen molar-refractivity contribution in [3.63, 3.8) is 0 Å². The maximum absolute atomic E-state index is 2.49. The molecule has 0 aliphatic heterocycles. The van der Waals surface area contributed by atoms with Gasteiger partial charge >= 0.3 is 0 Å². The minimum Gasteiger partial charge on any atom is -0.310 e. The Kier molecular flexibility index (Phi) is 6.41. The van der Waals surface area contributed by atoms with Crippen LogP contribution in [0.5, 0.6) is 0 Å². The van der Waals surface area contributed by atoms with Gasteiger partial charge in [-0.25, -0.2) is 0 Å². The standard InChI is InChI=1S/C45H33NS/c1-45(2)38-26-25-35(46(33-20-10-5-11-21-33)34-22-14-19-32(27-34)30-15-6-3-7-16-30)28-37(38)43-39(45)29-41-44(36-23-12-13-24-40(36)47-41)42(43)31-17-8-4-9-18-31/h3-29H,1-2H3. The fraction of sp³-hybridized carbons (Fsp3) is 0.0667. The number of anilines is 3. The molecule has 0 radical (unpaired) electrons. The Morgan fingerprint density at radius 3 is 1.83 bits per heavy atom. The molecule has 1 aromatic heterocycles. The fourth-order valence-corrected chi connectivity index (χ4v) is 8.76. The van der Waals surface area contributed by atoms with Crippen LogP contribution in [0.4, 0.5) is 17.1 Å². The SMILES string of the molecule is CC1(C)c2ccc(N(c3ccccc3)c3cccc(-c4ccccc4)c3)cc2-c2c1cc1sc3ccccc3c1c2-c1ccccc1. The normalized spacial score (nSPS) is 13.1. The summed E-state index contributed by atoms with van der Waals surface area (Å²) in [5.41, 5.74) is 13.8. The first kappa shape index (κ1) is 27.8. The number of rotatable bonds is 5. The second-order valence-corrected chi connectivity index (χ2v) is 14.0. The van der Waals surface area contributed by atoms with Gasteiger partial charge in [0.05, 0.1) is 0 Å². The van der Waals surface area contributed by atoms with Crippen molar-refractivity contribution < 1.29 is 0 Å². The monoisotopic (exact) mass is 619 g/mol. The Hall–Kier alpha value is -5.44. The van der Waals surface area contributed by atoms with Crippen molar-refractivity contribution in [1.29, 1.82) is 0 Å². The predicted molar refractivity (Wildman–Crippen MR) is 202 cm³/mol. The molecular weight excluding hydrogens is 587 g/mol. The van der Waals surface area contributed by atoms with E-state index in [1.807, 2.05) is 11.3 Å². The van der Waals surface area contributed by atoms with Crippen LogP contribution >= 0.6 is 11.3 Å². The molecule has 0 unspecified atom stereocenters. The Bertz CT molecular complexity index is 2420. The van der Waals surface area contributed by atoms with Gasteiger partial charge in [0, 0.05) is 42.6 Å². The molecule has 1 nitrogen and oxygen atoms in total. The highest BCUT2D eigenvalue weighted by Gasteiger charge is 2.39. The van der Waals surface area contributed by atoms with E-state index in [0.29, 0.717) is 0 Å². The van der Waals surface area contributed by atoms with Crippen molar-refractivity contribution in [2.75, 3.05) is 4.90 Å². The van der Waals surface area contributed by atoms with Gasteiger partial charge in [0.25, 0.3) is 0 Å². The Morgan fingerprint density at radius 2 is 1.06 bits per heavy atom. The summed E-state index contributed by atoms with van der Waals surface area (Å²) in [7, 11) is 0. The molecule has 47 heavy (non-hydrogen) atoms. The molecule has 2 heteroatoms. The highest BCUT2D eigenvalue weighted by molar-refractivity contribution is 7.26. The van der Waals surface area contributed by atoms with E-state index in [2.05, 4.69) is 183 Å². The minimum atomic E-state index is -0.137. The summed E-state index contributed by atoms with van der Waals surface area (Å²) < 4.78 is 2.69. The van der Waals surface area contributed by atoms with Crippen LogP contribution in [0.25, 0.3) is 53.6 Å². The molecule has 9 rings (SSSR count). The van der Waals surface area contributed by atoms with E-state index in [4.69, 9.17) is 0 Å². The molecule has 0 amide bonds. The Labute approximate surface area is 280 Å². The first-order valence-electron chi connectivity index (χ1n) is 16.3. The van der Waals surface area contributed by atoms with Gasteiger partial charge in [0.15, 0.2) is 0 Å². The quantitative estimate of drug-likeness (QED) is 0.185. The molecule has 1 heterocycles. The van der Waals surface area contributed by atoms with Crippen LogP contribution in [0.15, 0.2) is 164 Å². The first-order chi connectivity index (χ1) is 23.1. The largest absolute Gasteiger partial charge is 0.310 e. The maximum atomic E-state index is 2.49. The highest BCUT2D eigenvalue weighted by Crippen LogP contribution is 2.57. The van der Waals surface area contributed by atoms with E-state index in [1.54, 1.807) is 0 Å². The fourth-order valence-electron chi connectivity index (χ4n) is 7.60.